The molecule has 6 nitrogen and oxygen atoms in total. The summed E-state index contributed by atoms with van der Waals surface area (Å²) in [6.45, 7) is 1.80. The summed E-state index contributed by atoms with van der Waals surface area (Å²) >= 11 is 7.01. The molecule has 1 heterocycles. The first-order valence-electron chi connectivity index (χ1n) is 6.81. The number of aryl methyl sites for hydroxylation is 1. The van der Waals surface area contributed by atoms with Crippen LogP contribution in [0.25, 0.3) is 0 Å². The minimum atomic E-state index is -3.78. The average Bonchev–Trinajstić information content (AvgIpc) is 2.94. The Labute approximate surface area is 151 Å². The van der Waals surface area contributed by atoms with Crippen LogP contribution < -0.4 is 4.72 Å². The van der Waals surface area contributed by atoms with Crippen molar-refractivity contribution >= 4 is 43.0 Å². The topological polar surface area (TPSA) is 83.5 Å². The molecule has 1 N–H and O–H groups in total. The highest BCUT2D eigenvalue weighted by Gasteiger charge is 2.21. The molecule has 2 rings (SSSR count). The van der Waals surface area contributed by atoms with Gasteiger partial charge < -0.3 is 0 Å². The zero-order valence-electron chi connectivity index (χ0n) is 13.3. The van der Waals surface area contributed by atoms with E-state index >= 15 is 0 Å². The van der Waals surface area contributed by atoms with E-state index in [1.807, 2.05) is 6.92 Å². The van der Waals surface area contributed by atoms with Crippen molar-refractivity contribution in [1.29, 1.82) is 0 Å². The number of nitrogens with one attached hydrogen (secondary N) is 1. The van der Waals surface area contributed by atoms with Crippen LogP contribution in [0.2, 0.25) is 5.02 Å². The molecule has 0 aliphatic rings. The van der Waals surface area contributed by atoms with Crippen LogP contribution in [0.3, 0.4) is 0 Å². The standard InChI is InChI=1S/C14H17ClN2O4S3/c1-10-4-6-13(12(15)8-10)23(18,19)16-9-11-5-7-14(22-11)24(20,21)17(2)3/h4-8,16H,9H2,1-3H3. The molecule has 10 heteroatoms. The van der Waals surface area contributed by atoms with Gasteiger partial charge in [0.2, 0.25) is 10.0 Å². The Bertz CT molecular complexity index is 950. The fourth-order valence-corrected chi connectivity index (χ4v) is 6.00. The quantitative estimate of drug-likeness (QED) is 0.795. The number of thiophene rings is 1. The minimum Gasteiger partial charge on any atom is -0.207 e. The van der Waals surface area contributed by atoms with Gasteiger partial charge in [-0.05, 0) is 36.8 Å². The van der Waals surface area contributed by atoms with Crippen LogP contribution >= 0.6 is 22.9 Å². The summed E-state index contributed by atoms with van der Waals surface area (Å²) in [5.41, 5.74) is 0.857. The summed E-state index contributed by atoms with van der Waals surface area (Å²) in [5.74, 6) is 0. The van der Waals surface area contributed by atoms with Crippen molar-refractivity contribution in [3.05, 3.63) is 45.8 Å². The van der Waals surface area contributed by atoms with Crippen LogP contribution in [0.4, 0.5) is 0 Å². The highest BCUT2D eigenvalue weighted by atomic mass is 35.5. The molecule has 24 heavy (non-hydrogen) atoms. The molecule has 0 atom stereocenters. The molecular weight excluding hydrogens is 392 g/mol. The Morgan fingerprint density at radius 3 is 2.38 bits per heavy atom. The third kappa shape index (κ3) is 4.16. The van der Waals surface area contributed by atoms with E-state index < -0.39 is 20.0 Å². The lowest BCUT2D eigenvalue weighted by Gasteiger charge is -2.09. The zero-order valence-corrected chi connectivity index (χ0v) is 16.5. The van der Waals surface area contributed by atoms with Gasteiger partial charge in [-0.1, -0.05) is 17.7 Å². The van der Waals surface area contributed by atoms with Crippen LogP contribution in [0.1, 0.15) is 10.4 Å². The predicted octanol–water partition coefficient (Wildman–Crippen LogP) is 2.44. The lowest BCUT2D eigenvalue weighted by Crippen LogP contribution is -2.23. The lowest BCUT2D eigenvalue weighted by atomic mass is 10.2. The molecule has 0 unspecified atom stereocenters. The van der Waals surface area contributed by atoms with Gasteiger partial charge in [-0.2, -0.15) is 0 Å². The number of nitrogens with zero attached hydrogens (tertiary/aromatic N) is 1. The van der Waals surface area contributed by atoms with Crippen molar-refractivity contribution in [3.8, 4) is 0 Å². The Hall–Kier alpha value is -0.970. The molecule has 0 bridgehead atoms. The summed E-state index contributed by atoms with van der Waals surface area (Å²) in [6.07, 6.45) is 0. The molecule has 0 saturated heterocycles. The monoisotopic (exact) mass is 408 g/mol. The van der Waals surface area contributed by atoms with Crippen molar-refractivity contribution in [2.75, 3.05) is 14.1 Å². The largest absolute Gasteiger partial charge is 0.252 e. The maximum atomic E-state index is 12.3. The number of hydrogen-bond acceptors (Lipinski definition) is 5. The first-order valence-corrected chi connectivity index (χ1v) is 10.9. The van der Waals surface area contributed by atoms with Crippen molar-refractivity contribution in [3.63, 3.8) is 0 Å². The maximum absolute atomic E-state index is 12.3. The highest BCUT2D eigenvalue weighted by Crippen LogP contribution is 2.25. The van der Waals surface area contributed by atoms with Crippen molar-refractivity contribution in [1.82, 2.24) is 9.03 Å². The van der Waals surface area contributed by atoms with Gasteiger partial charge in [0.15, 0.2) is 0 Å². The van der Waals surface area contributed by atoms with Gasteiger partial charge in [-0.3, -0.25) is 0 Å². The normalized spacial score (nSPS) is 12.7. The van der Waals surface area contributed by atoms with Crippen LogP contribution in [0.15, 0.2) is 39.4 Å². The van der Waals surface area contributed by atoms with Crippen LogP contribution in [0, 0.1) is 6.92 Å². The van der Waals surface area contributed by atoms with Gasteiger partial charge >= 0.3 is 0 Å². The van der Waals surface area contributed by atoms with Crippen LogP contribution in [0.5, 0.6) is 0 Å². The fourth-order valence-electron chi connectivity index (χ4n) is 1.84. The van der Waals surface area contributed by atoms with E-state index in [1.165, 1.54) is 26.2 Å². The second-order valence-corrected chi connectivity index (χ2v) is 11.0. The summed E-state index contributed by atoms with van der Waals surface area (Å²) in [4.78, 5) is 0.578. The highest BCUT2D eigenvalue weighted by molar-refractivity contribution is 7.91. The van der Waals surface area contributed by atoms with Gasteiger partial charge in [0.05, 0.1) is 5.02 Å². The van der Waals surface area contributed by atoms with Gasteiger partial charge in [0.25, 0.3) is 10.0 Å². The Balaban J connectivity index is 2.18. The van der Waals surface area contributed by atoms with Gasteiger partial charge in [0.1, 0.15) is 9.10 Å². The maximum Gasteiger partial charge on any atom is 0.252 e. The molecule has 0 aliphatic heterocycles. The summed E-state index contributed by atoms with van der Waals surface area (Å²) in [6, 6.07) is 7.72. The van der Waals surface area contributed by atoms with Crippen LogP contribution in [-0.4, -0.2) is 35.2 Å². The average molecular weight is 409 g/mol. The summed E-state index contributed by atoms with van der Waals surface area (Å²) < 4.78 is 52.4. The van der Waals surface area contributed by atoms with Crippen molar-refractivity contribution in [2.24, 2.45) is 0 Å². The molecule has 0 spiro atoms. The van der Waals surface area contributed by atoms with Crippen molar-refractivity contribution < 1.29 is 16.8 Å². The predicted molar refractivity (Wildman–Crippen MR) is 95.4 cm³/mol. The molecule has 2 aromatic rings. The molecule has 1 aromatic heterocycles. The number of rotatable bonds is 6. The number of sulfonamides is 2. The lowest BCUT2D eigenvalue weighted by molar-refractivity contribution is 0.523. The molecule has 0 fully saturated rings. The second kappa shape index (κ2) is 7.11. The number of hydrogen-bond donors (Lipinski definition) is 1. The summed E-state index contributed by atoms with van der Waals surface area (Å²) in [7, 11) is -4.42. The third-order valence-corrected chi connectivity index (χ3v) is 8.44. The van der Waals surface area contributed by atoms with E-state index in [9.17, 15) is 16.8 Å². The Kier molecular flexibility index (Phi) is 5.73. The molecular formula is C14H17ClN2O4S3. The Morgan fingerprint density at radius 2 is 1.79 bits per heavy atom. The SMILES string of the molecule is Cc1ccc(S(=O)(=O)NCc2ccc(S(=O)(=O)N(C)C)s2)c(Cl)c1. The minimum absolute atomic E-state index is 0.00698. The van der Waals surface area contributed by atoms with Crippen LogP contribution in [-0.2, 0) is 26.6 Å². The number of benzene rings is 1. The first kappa shape index (κ1) is 19.4. The zero-order chi connectivity index (χ0) is 18.1. The van der Waals surface area contributed by atoms with E-state index in [4.69, 9.17) is 11.6 Å². The van der Waals surface area contributed by atoms with Gasteiger partial charge in [0, 0.05) is 25.5 Å². The molecule has 0 radical (unpaired) electrons. The molecule has 0 aliphatic carbocycles. The van der Waals surface area contributed by atoms with Gasteiger partial charge in [-0.25, -0.2) is 25.9 Å². The second-order valence-electron chi connectivity index (χ2n) is 5.27. The van der Waals surface area contributed by atoms with E-state index in [2.05, 4.69) is 4.72 Å². The summed E-state index contributed by atoms with van der Waals surface area (Å²) in [5, 5.41) is 0.143. The third-order valence-electron chi connectivity index (χ3n) is 3.19. The van der Waals surface area contributed by atoms with E-state index in [0.717, 1.165) is 21.2 Å². The fraction of sp³-hybridized carbons (Fsp3) is 0.286. The molecule has 0 saturated carbocycles. The van der Waals surface area contributed by atoms with E-state index in [0.29, 0.717) is 4.88 Å². The first-order chi connectivity index (χ1) is 11.0. The molecule has 1 aromatic carbocycles. The Morgan fingerprint density at radius 1 is 1.12 bits per heavy atom. The van der Waals surface area contributed by atoms with E-state index in [1.54, 1.807) is 18.2 Å². The number of halogens is 1. The molecule has 0 amide bonds. The molecule has 132 valence electrons. The van der Waals surface area contributed by atoms with E-state index in [-0.39, 0.29) is 20.7 Å². The smallest absolute Gasteiger partial charge is 0.207 e. The van der Waals surface area contributed by atoms with Crippen molar-refractivity contribution in [2.45, 2.75) is 22.6 Å². The van der Waals surface area contributed by atoms with Gasteiger partial charge in [-0.15, -0.1) is 11.3 Å².